The Morgan fingerprint density at radius 2 is 1.66 bits per heavy atom. The van der Waals surface area contributed by atoms with Gasteiger partial charge in [0.05, 0.1) is 11.3 Å². The van der Waals surface area contributed by atoms with E-state index in [-0.39, 0.29) is 27.9 Å². The summed E-state index contributed by atoms with van der Waals surface area (Å²) in [4.78, 5) is 11.9. The van der Waals surface area contributed by atoms with Gasteiger partial charge in [-0.05, 0) is 35.0 Å². The highest BCUT2D eigenvalue weighted by Gasteiger charge is 2.30. The van der Waals surface area contributed by atoms with E-state index in [0.717, 1.165) is 4.68 Å². The molecule has 0 bridgehead atoms. The summed E-state index contributed by atoms with van der Waals surface area (Å²) in [5.74, 6) is -1.05. The van der Waals surface area contributed by atoms with Gasteiger partial charge in [-0.3, -0.25) is 9.48 Å². The first kappa shape index (κ1) is 20.8. The normalized spacial score (nSPS) is 11.8. The first-order valence-corrected chi connectivity index (χ1v) is 9.00. The highest BCUT2D eigenvalue weighted by molar-refractivity contribution is 8.00. The summed E-state index contributed by atoms with van der Waals surface area (Å²) in [6, 6.07) is 12.2. The molecule has 0 atom stereocenters. The number of thioether (sulfide) groups is 1. The van der Waals surface area contributed by atoms with Crippen LogP contribution in [0.2, 0.25) is 0 Å². The summed E-state index contributed by atoms with van der Waals surface area (Å²) in [5, 5.41) is 3.73. The van der Waals surface area contributed by atoms with Crippen LogP contribution in [0.5, 0.6) is 0 Å². The lowest BCUT2D eigenvalue weighted by atomic mass is 9.95. The molecule has 0 aliphatic carbocycles. The molecule has 1 amide bonds. The fourth-order valence-electron chi connectivity index (χ4n) is 3.03. The minimum absolute atomic E-state index is 0.0112. The zero-order valence-electron chi connectivity index (χ0n) is 14.9. The first-order valence-electron chi connectivity index (χ1n) is 8.19. The van der Waals surface area contributed by atoms with Crippen molar-refractivity contribution in [2.75, 3.05) is 0 Å². The molecule has 4 nitrogen and oxygen atoms in total. The molecule has 1 aromatic heterocycles. The van der Waals surface area contributed by atoms with Crippen LogP contribution in [0.25, 0.3) is 22.4 Å². The molecule has 0 aliphatic rings. The number of halogens is 5. The molecule has 0 saturated heterocycles. The highest BCUT2D eigenvalue weighted by Crippen LogP contribution is 2.40. The Morgan fingerprint density at radius 3 is 2.17 bits per heavy atom. The Kier molecular flexibility index (Phi) is 5.65. The third-order valence-electron chi connectivity index (χ3n) is 4.11. The Balaban J connectivity index is 2.13. The number of carbonyl (C=O) groups is 1. The number of primary amides is 1. The molecule has 10 heteroatoms. The van der Waals surface area contributed by atoms with E-state index in [0.29, 0.717) is 16.7 Å². The third-order valence-corrected chi connectivity index (χ3v) is 4.85. The SMILES string of the molecule is Cn1nc(C(F)F)c(C(N)=O)c1-c1ccccc1-c1ccc(SC(F)(F)F)cc1. The molecule has 3 rings (SSSR count). The standard InChI is InChI=1S/C19H14F5N3OS/c1-27-16(14(18(25)28)15(26-27)17(20)21)13-5-3-2-4-12(13)10-6-8-11(9-7-10)29-19(22,23)24/h2-9,17H,1H3,(H2,25,28). The maximum absolute atomic E-state index is 13.3. The topological polar surface area (TPSA) is 60.9 Å². The molecule has 152 valence electrons. The molecule has 2 N–H and O–H groups in total. The van der Waals surface area contributed by atoms with E-state index in [1.165, 1.54) is 31.3 Å². The van der Waals surface area contributed by atoms with E-state index in [9.17, 15) is 26.7 Å². The van der Waals surface area contributed by atoms with Crippen molar-refractivity contribution in [2.45, 2.75) is 16.8 Å². The van der Waals surface area contributed by atoms with Gasteiger partial charge < -0.3 is 5.73 Å². The molecule has 0 fully saturated rings. The lowest BCUT2D eigenvalue weighted by Gasteiger charge is -2.12. The van der Waals surface area contributed by atoms with Crippen LogP contribution in [-0.2, 0) is 7.05 Å². The minimum atomic E-state index is -4.41. The molecule has 2 aromatic carbocycles. The fourth-order valence-corrected chi connectivity index (χ4v) is 3.57. The molecule has 29 heavy (non-hydrogen) atoms. The predicted molar refractivity (Wildman–Crippen MR) is 99.5 cm³/mol. The van der Waals surface area contributed by atoms with Crippen molar-refractivity contribution >= 4 is 17.7 Å². The van der Waals surface area contributed by atoms with Gasteiger partial charge in [-0.25, -0.2) is 8.78 Å². The second-order valence-electron chi connectivity index (χ2n) is 6.02. The van der Waals surface area contributed by atoms with Crippen molar-refractivity contribution in [1.82, 2.24) is 9.78 Å². The van der Waals surface area contributed by atoms with Gasteiger partial charge in [-0.15, -0.1) is 0 Å². The van der Waals surface area contributed by atoms with Gasteiger partial charge in [0.2, 0.25) is 0 Å². The number of rotatable bonds is 5. The van der Waals surface area contributed by atoms with E-state index in [2.05, 4.69) is 5.10 Å². The summed E-state index contributed by atoms with van der Waals surface area (Å²) in [5.41, 5.74) is 1.40. The van der Waals surface area contributed by atoms with Gasteiger partial charge in [0.15, 0.2) is 0 Å². The monoisotopic (exact) mass is 427 g/mol. The van der Waals surface area contributed by atoms with Gasteiger partial charge in [0.25, 0.3) is 12.3 Å². The highest BCUT2D eigenvalue weighted by atomic mass is 32.2. The van der Waals surface area contributed by atoms with Gasteiger partial charge in [-0.1, -0.05) is 36.4 Å². The van der Waals surface area contributed by atoms with Crippen LogP contribution in [0.4, 0.5) is 22.0 Å². The summed E-state index contributed by atoms with van der Waals surface area (Å²) in [6.45, 7) is 0. The number of carbonyl (C=O) groups excluding carboxylic acids is 1. The van der Waals surface area contributed by atoms with E-state index < -0.39 is 23.5 Å². The second-order valence-corrected chi connectivity index (χ2v) is 7.15. The summed E-state index contributed by atoms with van der Waals surface area (Å²) < 4.78 is 65.4. The predicted octanol–water partition coefficient (Wildman–Crippen LogP) is 5.40. The fraction of sp³-hybridized carbons (Fsp3) is 0.158. The lowest BCUT2D eigenvalue weighted by Crippen LogP contribution is -2.14. The number of hydrogen-bond acceptors (Lipinski definition) is 3. The number of hydrogen-bond donors (Lipinski definition) is 1. The largest absolute Gasteiger partial charge is 0.446 e. The van der Waals surface area contributed by atoms with E-state index >= 15 is 0 Å². The van der Waals surface area contributed by atoms with Crippen molar-refractivity contribution in [3.8, 4) is 22.4 Å². The van der Waals surface area contributed by atoms with E-state index in [1.807, 2.05) is 0 Å². The maximum Gasteiger partial charge on any atom is 0.446 e. The zero-order chi connectivity index (χ0) is 21.3. The molecule has 0 radical (unpaired) electrons. The molecule has 0 spiro atoms. The van der Waals surface area contributed by atoms with Crippen LogP contribution in [0.3, 0.4) is 0 Å². The average Bonchev–Trinajstić information content (AvgIpc) is 2.99. The minimum Gasteiger partial charge on any atom is -0.365 e. The Morgan fingerprint density at radius 1 is 1.07 bits per heavy atom. The quantitative estimate of drug-likeness (QED) is 0.438. The van der Waals surface area contributed by atoms with Crippen LogP contribution in [0, 0.1) is 0 Å². The molecular formula is C19H14F5N3OS. The smallest absolute Gasteiger partial charge is 0.365 e. The van der Waals surface area contributed by atoms with Crippen molar-refractivity contribution in [2.24, 2.45) is 12.8 Å². The number of nitrogens with zero attached hydrogens (tertiary/aromatic N) is 2. The van der Waals surface area contributed by atoms with Gasteiger partial charge in [-0.2, -0.15) is 18.3 Å². The molecular weight excluding hydrogens is 413 g/mol. The van der Waals surface area contributed by atoms with E-state index in [4.69, 9.17) is 5.73 Å². The van der Waals surface area contributed by atoms with Crippen LogP contribution >= 0.6 is 11.8 Å². The number of aryl methyl sites for hydroxylation is 1. The Bertz CT molecular complexity index is 1040. The Hall–Kier alpha value is -2.88. The number of benzene rings is 2. The summed E-state index contributed by atoms with van der Waals surface area (Å²) >= 11 is -0.238. The molecule has 1 heterocycles. The summed E-state index contributed by atoms with van der Waals surface area (Å²) in [7, 11) is 1.41. The maximum atomic E-state index is 13.3. The summed E-state index contributed by atoms with van der Waals surface area (Å²) in [6.07, 6.45) is -3.00. The molecule has 0 saturated carbocycles. The van der Waals surface area contributed by atoms with Crippen molar-refractivity contribution in [3.63, 3.8) is 0 Å². The number of aromatic nitrogens is 2. The molecule has 0 aliphatic heterocycles. The van der Waals surface area contributed by atoms with Crippen LogP contribution in [0.15, 0.2) is 53.4 Å². The van der Waals surface area contributed by atoms with E-state index in [1.54, 1.807) is 24.3 Å². The van der Waals surface area contributed by atoms with Gasteiger partial charge in [0.1, 0.15) is 5.69 Å². The van der Waals surface area contributed by atoms with Crippen LogP contribution in [0.1, 0.15) is 22.5 Å². The lowest BCUT2D eigenvalue weighted by molar-refractivity contribution is -0.0328. The second kappa shape index (κ2) is 7.86. The Labute approximate surface area is 166 Å². The first-order chi connectivity index (χ1) is 13.6. The number of nitrogens with two attached hydrogens (primary N) is 1. The van der Waals surface area contributed by atoms with Gasteiger partial charge >= 0.3 is 5.51 Å². The third kappa shape index (κ3) is 4.42. The molecule has 0 unspecified atom stereocenters. The van der Waals surface area contributed by atoms with Crippen molar-refractivity contribution in [3.05, 3.63) is 59.8 Å². The number of alkyl halides is 5. The van der Waals surface area contributed by atoms with Crippen molar-refractivity contribution in [1.29, 1.82) is 0 Å². The van der Waals surface area contributed by atoms with Crippen LogP contribution < -0.4 is 5.73 Å². The van der Waals surface area contributed by atoms with Gasteiger partial charge in [0, 0.05) is 17.5 Å². The number of amides is 1. The molecule has 3 aromatic rings. The zero-order valence-corrected chi connectivity index (χ0v) is 15.7. The van der Waals surface area contributed by atoms with Crippen molar-refractivity contribution < 1.29 is 26.7 Å². The average molecular weight is 427 g/mol. The van der Waals surface area contributed by atoms with Crippen LogP contribution in [-0.4, -0.2) is 21.2 Å².